The van der Waals surface area contributed by atoms with Crippen LogP contribution in [0.15, 0.2) is 24.5 Å². The Kier molecular flexibility index (Phi) is 4.00. The summed E-state index contributed by atoms with van der Waals surface area (Å²) in [6, 6.07) is 3.45. The topological polar surface area (TPSA) is 64.1 Å². The zero-order valence-corrected chi connectivity index (χ0v) is 14.2. The SMILES string of the molecule is COc1c(C)c(C)c2nc(NC(=O)c3cccnc3)sc2c1C. The number of thiazole rings is 1. The van der Waals surface area contributed by atoms with Crippen LogP contribution >= 0.6 is 11.3 Å². The molecule has 1 N–H and O–H groups in total. The maximum atomic E-state index is 12.2. The van der Waals surface area contributed by atoms with Crippen LogP contribution in [0.5, 0.6) is 5.75 Å². The number of aryl methyl sites for hydroxylation is 2. The van der Waals surface area contributed by atoms with Crippen molar-refractivity contribution >= 4 is 32.6 Å². The summed E-state index contributed by atoms with van der Waals surface area (Å²) in [6.07, 6.45) is 3.17. The van der Waals surface area contributed by atoms with Crippen LogP contribution in [0.3, 0.4) is 0 Å². The van der Waals surface area contributed by atoms with Crippen molar-refractivity contribution in [1.82, 2.24) is 9.97 Å². The van der Waals surface area contributed by atoms with Crippen LogP contribution in [0, 0.1) is 20.8 Å². The largest absolute Gasteiger partial charge is 0.496 e. The van der Waals surface area contributed by atoms with Crippen molar-refractivity contribution in [1.29, 1.82) is 0 Å². The first-order valence-corrected chi connectivity index (χ1v) is 8.00. The van der Waals surface area contributed by atoms with Crippen LogP contribution in [-0.4, -0.2) is 23.0 Å². The normalized spacial score (nSPS) is 10.8. The van der Waals surface area contributed by atoms with Crippen LogP contribution in [0.1, 0.15) is 27.0 Å². The number of methoxy groups -OCH3 is 1. The van der Waals surface area contributed by atoms with E-state index in [9.17, 15) is 4.79 Å². The van der Waals surface area contributed by atoms with Crippen molar-refractivity contribution < 1.29 is 9.53 Å². The van der Waals surface area contributed by atoms with E-state index in [0.29, 0.717) is 10.7 Å². The highest BCUT2D eigenvalue weighted by molar-refractivity contribution is 7.22. The summed E-state index contributed by atoms with van der Waals surface area (Å²) in [6.45, 7) is 6.05. The molecular weight excluding hydrogens is 310 g/mol. The van der Waals surface area contributed by atoms with E-state index in [1.54, 1.807) is 25.4 Å². The van der Waals surface area contributed by atoms with Crippen LogP contribution in [0.25, 0.3) is 10.2 Å². The molecule has 5 nitrogen and oxygen atoms in total. The Morgan fingerprint density at radius 1 is 1.22 bits per heavy atom. The van der Waals surface area contributed by atoms with E-state index in [1.807, 2.05) is 20.8 Å². The summed E-state index contributed by atoms with van der Waals surface area (Å²) in [5, 5.41) is 3.42. The molecule has 6 heteroatoms. The van der Waals surface area contributed by atoms with Gasteiger partial charge >= 0.3 is 0 Å². The lowest BCUT2D eigenvalue weighted by atomic mass is 10.0. The average Bonchev–Trinajstić information content (AvgIpc) is 2.98. The molecule has 0 bridgehead atoms. The molecule has 2 aromatic heterocycles. The number of nitrogens with zero attached hydrogens (tertiary/aromatic N) is 2. The van der Waals surface area contributed by atoms with E-state index >= 15 is 0 Å². The Morgan fingerprint density at radius 3 is 2.65 bits per heavy atom. The minimum absolute atomic E-state index is 0.212. The molecule has 0 aliphatic rings. The fourth-order valence-electron chi connectivity index (χ4n) is 2.59. The highest BCUT2D eigenvalue weighted by atomic mass is 32.1. The minimum atomic E-state index is -0.212. The summed E-state index contributed by atoms with van der Waals surface area (Å²) >= 11 is 1.46. The molecule has 0 radical (unpaired) electrons. The highest BCUT2D eigenvalue weighted by Gasteiger charge is 2.18. The van der Waals surface area contributed by atoms with Gasteiger partial charge in [-0.05, 0) is 44.0 Å². The van der Waals surface area contributed by atoms with E-state index in [0.717, 1.165) is 32.7 Å². The van der Waals surface area contributed by atoms with Crippen LogP contribution in [0.4, 0.5) is 5.13 Å². The molecule has 0 saturated heterocycles. The van der Waals surface area contributed by atoms with Gasteiger partial charge in [0.2, 0.25) is 0 Å². The molecule has 118 valence electrons. The van der Waals surface area contributed by atoms with Gasteiger partial charge in [-0.3, -0.25) is 15.1 Å². The van der Waals surface area contributed by atoms with Gasteiger partial charge in [0.15, 0.2) is 5.13 Å². The molecule has 0 spiro atoms. The van der Waals surface area contributed by atoms with Gasteiger partial charge in [-0.25, -0.2) is 4.98 Å². The number of nitrogens with one attached hydrogen (secondary N) is 1. The number of amides is 1. The number of aromatic nitrogens is 2. The van der Waals surface area contributed by atoms with Gasteiger partial charge in [-0.1, -0.05) is 11.3 Å². The van der Waals surface area contributed by atoms with Crippen molar-refractivity contribution in [3.05, 3.63) is 46.8 Å². The van der Waals surface area contributed by atoms with Crippen LogP contribution in [-0.2, 0) is 0 Å². The highest BCUT2D eigenvalue weighted by Crippen LogP contribution is 2.39. The molecule has 0 fully saturated rings. The van der Waals surface area contributed by atoms with Crippen molar-refractivity contribution in [3.8, 4) is 5.75 Å². The van der Waals surface area contributed by atoms with Gasteiger partial charge in [-0.2, -0.15) is 0 Å². The average molecular weight is 327 g/mol. The Morgan fingerprint density at radius 2 is 2.00 bits per heavy atom. The number of hydrogen-bond acceptors (Lipinski definition) is 5. The lowest BCUT2D eigenvalue weighted by Crippen LogP contribution is -2.11. The summed E-state index contributed by atoms with van der Waals surface area (Å²) in [7, 11) is 1.67. The zero-order valence-electron chi connectivity index (χ0n) is 13.4. The third-order valence-corrected chi connectivity index (χ3v) is 5.01. The standard InChI is InChI=1S/C17H17N3O2S/c1-9-10(2)14(22-4)11(3)15-13(9)19-17(23-15)20-16(21)12-6-5-7-18-8-12/h5-8H,1-4H3,(H,19,20,21). The molecule has 3 rings (SSSR count). The van der Waals surface area contributed by atoms with Crippen LogP contribution < -0.4 is 10.1 Å². The quantitative estimate of drug-likeness (QED) is 0.793. The fraction of sp³-hybridized carbons (Fsp3) is 0.235. The van der Waals surface area contributed by atoms with Gasteiger partial charge < -0.3 is 4.74 Å². The van der Waals surface area contributed by atoms with E-state index in [-0.39, 0.29) is 5.91 Å². The van der Waals surface area contributed by atoms with Gasteiger partial charge in [0, 0.05) is 18.0 Å². The third-order valence-electron chi connectivity index (χ3n) is 3.91. The predicted octanol–water partition coefficient (Wildman–Crippen LogP) is 3.88. The Hall–Kier alpha value is -2.47. The molecule has 2 heterocycles. The number of carbonyl (C=O) groups is 1. The number of hydrogen-bond donors (Lipinski definition) is 1. The van der Waals surface area contributed by atoms with E-state index < -0.39 is 0 Å². The Labute approximate surface area is 138 Å². The second-order valence-corrected chi connectivity index (χ2v) is 6.30. The number of ether oxygens (including phenoxy) is 1. The van der Waals surface area contributed by atoms with E-state index in [1.165, 1.54) is 17.5 Å². The smallest absolute Gasteiger partial charge is 0.259 e. The maximum absolute atomic E-state index is 12.2. The zero-order chi connectivity index (χ0) is 16.6. The van der Waals surface area contributed by atoms with E-state index in [2.05, 4.69) is 15.3 Å². The molecule has 1 aromatic carbocycles. The summed E-state index contributed by atoms with van der Waals surface area (Å²) in [5.74, 6) is 0.667. The Balaban J connectivity index is 2.02. The number of pyridine rings is 1. The number of fused-ring (bicyclic) bond motifs is 1. The van der Waals surface area contributed by atoms with Crippen molar-refractivity contribution in [2.75, 3.05) is 12.4 Å². The van der Waals surface area contributed by atoms with Gasteiger partial charge in [-0.15, -0.1) is 0 Å². The molecule has 1 amide bonds. The lowest BCUT2D eigenvalue weighted by molar-refractivity contribution is 0.102. The number of benzene rings is 1. The number of rotatable bonds is 3. The molecule has 0 unspecified atom stereocenters. The Bertz CT molecular complexity index is 888. The van der Waals surface area contributed by atoms with Gasteiger partial charge in [0.1, 0.15) is 5.75 Å². The summed E-state index contributed by atoms with van der Waals surface area (Å²) in [4.78, 5) is 20.8. The summed E-state index contributed by atoms with van der Waals surface area (Å²) < 4.78 is 6.54. The van der Waals surface area contributed by atoms with Gasteiger partial charge in [0.05, 0.1) is 22.9 Å². The second-order valence-electron chi connectivity index (χ2n) is 5.30. The third kappa shape index (κ3) is 2.66. The number of carbonyl (C=O) groups excluding carboxylic acids is 1. The minimum Gasteiger partial charge on any atom is -0.496 e. The molecule has 0 aliphatic heterocycles. The van der Waals surface area contributed by atoms with Crippen molar-refractivity contribution in [3.63, 3.8) is 0 Å². The molecule has 0 saturated carbocycles. The van der Waals surface area contributed by atoms with E-state index in [4.69, 9.17) is 4.74 Å². The maximum Gasteiger partial charge on any atom is 0.259 e. The molecular formula is C17H17N3O2S. The van der Waals surface area contributed by atoms with Crippen molar-refractivity contribution in [2.45, 2.75) is 20.8 Å². The molecule has 0 aliphatic carbocycles. The lowest BCUT2D eigenvalue weighted by Gasteiger charge is -2.11. The first-order chi connectivity index (χ1) is 11.0. The fourth-order valence-corrected chi connectivity index (χ4v) is 3.60. The first kappa shape index (κ1) is 15.4. The predicted molar refractivity (Wildman–Crippen MR) is 92.6 cm³/mol. The van der Waals surface area contributed by atoms with Crippen LogP contribution in [0.2, 0.25) is 0 Å². The monoisotopic (exact) mass is 327 g/mol. The first-order valence-electron chi connectivity index (χ1n) is 7.18. The van der Waals surface area contributed by atoms with Crippen molar-refractivity contribution in [2.24, 2.45) is 0 Å². The molecule has 0 atom stereocenters. The second kappa shape index (κ2) is 5.96. The molecule has 3 aromatic rings. The van der Waals surface area contributed by atoms with Gasteiger partial charge in [0.25, 0.3) is 5.91 Å². The number of anilines is 1. The summed E-state index contributed by atoms with van der Waals surface area (Å²) in [5.41, 5.74) is 4.61. The molecule has 23 heavy (non-hydrogen) atoms.